The molecule has 270 valence electrons. The van der Waals surface area contributed by atoms with E-state index in [1.807, 2.05) is 0 Å². The highest BCUT2D eigenvalue weighted by molar-refractivity contribution is 6.31. The number of ether oxygens (including phenoxy) is 4. The molecule has 0 unspecified atom stereocenters. The molecule has 0 bridgehead atoms. The van der Waals surface area contributed by atoms with Crippen LogP contribution >= 0.6 is 23.2 Å². The molecule has 0 aliphatic carbocycles. The minimum Gasteiger partial charge on any atom is -0.493 e. The average Bonchev–Trinajstić information content (AvgIpc) is 3.14. The van der Waals surface area contributed by atoms with Gasteiger partial charge in [0.25, 0.3) is 0 Å². The third kappa shape index (κ3) is 12.6. The van der Waals surface area contributed by atoms with Crippen molar-refractivity contribution >= 4 is 59.4 Å². The molecule has 4 aromatic carbocycles. The Labute approximate surface area is 310 Å². The minimum absolute atomic E-state index is 0.231. The third-order valence-corrected chi connectivity index (χ3v) is 7.81. The van der Waals surface area contributed by atoms with Gasteiger partial charge in [-0.3, -0.25) is 9.59 Å². The summed E-state index contributed by atoms with van der Waals surface area (Å²) in [5.41, 5.74) is 6.91. The van der Waals surface area contributed by atoms with E-state index in [0.29, 0.717) is 56.6 Å². The van der Waals surface area contributed by atoms with Gasteiger partial charge in [0.1, 0.15) is 0 Å². The molecule has 0 spiro atoms. The molecule has 0 saturated heterocycles. The number of hydrogen-bond acceptors (Lipinski definition) is 10. The monoisotopic (exact) mass is 746 g/mol. The van der Waals surface area contributed by atoms with E-state index in [-0.39, 0.29) is 36.2 Å². The number of methoxy groups -OCH3 is 2. The largest absolute Gasteiger partial charge is 0.493 e. The molecule has 0 saturated carbocycles. The van der Waals surface area contributed by atoms with Gasteiger partial charge in [0.15, 0.2) is 23.0 Å². The molecule has 0 fully saturated rings. The zero-order valence-electron chi connectivity index (χ0n) is 28.4. The van der Waals surface area contributed by atoms with Crippen LogP contribution in [0.5, 0.6) is 23.0 Å². The van der Waals surface area contributed by atoms with E-state index in [4.69, 9.17) is 42.1 Å². The minimum atomic E-state index is -0.559. The number of rotatable bonds is 17. The van der Waals surface area contributed by atoms with E-state index in [2.05, 4.69) is 21.1 Å². The lowest BCUT2D eigenvalue weighted by Gasteiger charge is -2.10. The standard InChI is InChI=1S/C38H36Cl2N4O8/c1-49-33-21-25(9-19-31(33)51-37(47)27-11-15-29(39)16-12-27)23-41-43-35(45)7-5-3-4-6-8-36(46)44-42-24-26-10-20-32(34(22-26)50-2)52-38(48)28-13-17-30(40)18-14-28/h9-24H,3-8H2,1-2H3,(H,43,45)(H,44,46)/b41-23+,42-24+. The molecule has 4 rings (SSSR count). The highest BCUT2D eigenvalue weighted by Gasteiger charge is 2.14. The number of halogens is 2. The van der Waals surface area contributed by atoms with Gasteiger partial charge in [-0.2, -0.15) is 10.2 Å². The zero-order valence-corrected chi connectivity index (χ0v) is 29.9. The molecule has 12 nitrogen and oxygen atoms in total. The zero-order chi connectivity index (χ0) is 37.3. The molecule has 52 heavy (non-hydrogen) atoms. The molecule has 0 atom stereocenters. The fourth-order valence-electron chi connectivity index (χ4n) is 4.58. The van der Waals surface area contributed by atoms with Gasteiger partial charge in [-0.1, -0.05) is 36.0 Å². The van der Waals surface area contributed by atoms with Gasteiger partial charge in [-0.15, -0.1) is 0 Å². The Morgan fingerprint density at radius 2 is 0.942 bits per heavy atom. The third-order valence-electron chi connectivity index (χ3n) is 7.30. The molecule has 0 radical (unpaired) electrons. The summed E-state index contributed by atoms with van der Waals surface area (Å²) in [5, 5.41) is 9.00. The number of esters is 2. The van der Waals surface area contributed by atoms with Gasteiger partial charge in [-0.25, -0.2) is 20.4 Å². The van der Waals surface area contributed by atoms with Crippen LogP contribution in [0.1, 0.15) is 70.4 Å². The number of hydrogen-bond donors (Lipinski definition) is 2. The van der Waals surface area contributed by atoms with E-state index in [9.17, 15) is 19.2 Å². The van der Waals surface area contributed by atoms with Gasteiger partial charge in [0.2, 0.25) is 11.8 Å². The summed E-state index contributed by atoms with van der Waals surface area (Å²) in [6.07, 6.45) is 6.26. The molecule has 2 amide bonds. The van der Waals surface area contributed by atoms with E-state index >= 15 is 0 Å². The van der Waals surface area contributed by atoms with Crippen LogP contribution in [0.2, 0.25) is 10.0 Å². The number of carbonyl (C=O) groups excluding carboxylic acids is 4. The van der Waals surface area contributed by atoms with Crippen molar-refractivity contribution in [3.8, 4) is 23.0 Å². The number of nitrogens with one attached hydrogen (secondary N) is 2. The van der Waals surface area contributed by atoms with Crippen LogP contribution in [-0.2, 0) is 9.59 Å². The van der Waals surface area contributed by atoms with Gasteiger partial charge < -0.3 is 18.9 Å². The van der Waals surface area contributed by atoms with Crippen LogP contribution < -0.4 is 29.8 Å². The first-order chi connectivity index (χ1) is 25.1. The maximum atomic E-state index is 12.4. The molecule has 0 aliphatic heterocycles. The van der Waals surface area contributed by atoms with Crippen LogP contribution in [0.15, 0.2) is 95.1 Å². The van der Waals surface area contributed by atoms with Crippen molar-refractivity contribution in [2.75, 3.05) is 14.2 Å². The van der Waals surface area contributed by atoms with Crippen molar-refractivity contribution in [2.24, 2.45) is 10.2 Å². The fraction of sp³-hybridized carbons (Fsp3) is 0.211. The highest BCUT2D eigenvalue weighted by Crippen LogP contribution is 2.30. The van der Waals surface area contributed by atoms with Crippen LogP contribution in [0.3, 0.4) is 0 Å². The predicted molar refractivity (Wildman–Crippen MR) is 198 cm³/mol. The van der Waals surface area contributed by atoms with Crippen LogP contribution in [0.25, 0.3) is 0 Å². The Hall–Kier alpha value is -5.72. The summed E-state index contributed by atoms with van der Waals surface area (Å²) in [7, 11) is 2.90. The van der Waals surface area contributed by atoms with E-state index in [1.54, 1.807) is 84.9 Å². The maximum absolute atomic E-state index is 12.4. The molecule has 0 heterocycles. The second-order valence-corrected chi connectivity index (χ2v) is 12.0. The number of carbonyl (C=O) groups is 4. The van der Waals surface area contributed by atoms with E-state index < -0.39 is 11.9 Å². The first-order valence-corrected chi connectivity index (χ1v) is 16.9. The van der Waals surface area contributed by atoms with Gasteiger partial charge in [-0.05, 0) is 109 Å². The normalized spacial score (nSPS) is 10.9. The predicted octanol–water partition coefficient (Wildman–Crippen LogP) is 7.39. The lowest BCUT2D eigenvalue weighted by molar-refractivity contribution is -0.122. The molecule has 2 N–H and O–H groups in total. The molecular formula is C38H36Cl2N4O8. The summed E-state index contributed by atoms with van der Waals surface area (Å²) in [5.74, 6) is -0.499. The molecule has 0 aromatic heterocycles. The van der Waals surface area contributed by atoms with Crippen molar-refractivity contribution in [3.05, 3.63) is 117 Å². The van der Waals surface area contributed by atoms with Crippen molar-refractivity contribution < 1.29 is 38.1 Å². The average molecular weight is 748 g/mol. The molecule has 0 aliphatic rings. The van der Waals surface area contributed by atoms with Gasteiger partial charge >= 0.3 is 11.9 Å². The summed E-state index contributed by atoms with van der Waals surface area (Å²) in [4.78, 5) is 49.3. The number of nitrogens with zero attached hydrogens (tertiary/aromatic N) is 2. The van der Waals surface area contributed by atoms with Gasteiger partial charge in [0, 0.05) is 22.9 Å². The second kappa shape index (κ2) is 20.2. The lowest BCUT2D eigenvalue weighted by Crippen LogP contribution is -2.17. The summed E-state index contributed by atoms with van der Waals surface area (Å²) < 4.78 is 21.6. The fourth-order valence-corrected chi connectivity index (χ4v) is 4.83. The molecule has 14 heteroatoms. The number of amides is 2. The Balaban J connectivity index is 1.10. The summed E-state index contributed by atoms with van der Waals surface area (Å²) in [6.45, 7) is 0. The number of hydrazone groups is 2. The van der Waals surface area contributed by atoms with E-state index in [1.165, 1.54) is 26.6 Å². The van der Waals surface area contributed by atoms with Crippen molar-refractivity contribution in [1.29, 1.82) is 0 Å². The first kappa shape index (κ1) is 39.1. The SMILES string of the molecule is COc1cc(/C=N/NC(=O)CCCCCCC(=O)N/N=C/c2ccc(OC(=O)c3ccc(Cl)cc3)c(OC)c2)ccc1OC(=O)c1ccc(Cl)cc1. The van der Waals surface area contributed by atoms with Crippen molar-refractivity contribution in [3.63, 3.8) is 0 Å². The van der Waals surface area contributed by atoms with E-state index in [0.717, 1.165) is 12.8 Å². The van der Waals surface area contributed by atoms with Crippen molar-refractivity contribution in [1.82, 2.24) is 10.9 Å². The second-order valence-electron chi connectivity index (χ2n) is 11.1. The summed E-state index contributed by atoms with van der Waals surface area (Å²) in [6, 6.07) is 22.4. The number of benzene rings is 4. The first-order valence-electron chi connectivity index (χ1n) is 16.1. The smallest absolute Gasteiger partial charge is 0.343 e. The Morgan fingerprint density at radius 3 is 1.31 bits per heavy atom. The highest BCUT2D eigenvalue weighted by atomic mass is 35.5. The van der Waals surface area contributed by atoms with Crippen LogP contribution in [0.4, 0.5) is 0 Å². The lowest BCUT2D eigenvalue weighted by atomic mass is 10.1. The maximum Gasteiger partial charge on any atom is 0.343 e. The van der Waals surface area contributed by atoms with Gasteiger partial charge in [0.05, 0.1) is 37.8 Å². The topological polar surface area (TPSA) is 154 Å². The Bertz CT molecular complexity index is 1780. The quantitative estimate of drug-likeness (QED) is 0.0373. The van der Waals surface area contributed by atoms with Crippen LogP contribution in [-0.4, -0.2) is 50.4 Å². The Kier molecular flexibility index (Phi) is 15.2. The number of unbranched alkanes of at least 4 members (excludes halogenated alkanes) is 3. The Morgan fingerprint density at radius 1 is 0.558 bits per heavy atom. The summed E-state index contributed by atoms with van der Waals surface area (Å²) >= 11 is 11.7. The molecule has 4 aromatic rings. The van der Waals surface area contributed by atoms with Crippen molar-refractivity contribution in [2.45, 2.75) is 38.5 Å². The molecular weight excluding hydrogens is 711 g/mol. The van der Waals surface area contributed by atoms with Crippen LogP contribution in [0, 0.1) is 0 Å².